The van der Waals surface area contributed by atoms with Crippen LogP contribution in [-0.4, -0.2) is 91.6 Å². The molecule has 0 saturated carbocycles. The predicted octanol–water partition coefficient (Wildman–Crippen LogP) is 3.39. The number of imide groups is 1. The van der Waals surface area contributed by atoms with Crippen LogP contribution in [0.5, 0.6) is 0 Å². The molecule has 4 N–H and O–H groups in total. The smallest absolute Gasteiger partial charge is 0.329 e. The lowest BCUT2D eigenvalue weighted by molar-refractivity contribution is -0.135. The van der Waals surface area contributed by atoms with Crippen LogP contribution < -0.4 is 16.7 Å². The Bertz CT molecular complexity index is 2040. The number of imidazole rings is 1. The number of carbonyl (C=O) groups is 2. The molecule has 0 bridgehead atoms. The Morgan fingerprint density at radius 3 is 2.48 bits per heavy atom. The summed E-state index contributed by atoms with van der Waals surface area (Å²) in [6.07, 6.45) is 8.21. The summed E-state index contributed by atoms with van der Waals surface area (Å²) in [4.78, 5) is 53.7. The fraction of sp³-hybridized carbons (Fsp3) is 0.432. The second-order valence-corrected chi connectivity index (χ2v) is 13.4. The summed E-state index contributed by atoms with van der Waals surface area (Å²) in [6.45, 7) is 7.83. The first-order chi connectivity index (χ1) is 24.3. The summed E-state index contributed by atoms with van der Waals surface area (Å²) in [5, 5.41) is 3.33. The highest BCUT2D eigenvalue weighted by Gasteiger charge is 2.31. The molecule has 262 valence electrons. The number of nitrogens with two attached hydrogens (primary N) is 1. The number of H-pyrrole nitrogens is 1. The van der Waals surface area contributed by atoms with Gasteiger partial charge in [-0.05, 0) is 67.5 Å². The number of nitrogens with one attached hydrogen (secondary N) is 2. The van der Waals surface area contributed by atoms with Gasteiger partial charge in [-0.25, -0.2) is 9.78 Å². The number of ether oxygens (including phenoxy) is 1. The predicted molar refractivity (Wildman–Crippen MR) is 192 cm³/mol. The Balaban J connectivity index is 0.778. The number of aromatic amines is 1. The van der Waals surface area contributed by atoms with E-state index < -0.39 is 11.9 Å². The lowest BCUT2D eigenvalue weighted by atomic mass is 10.0. The number of nitrogen functional groups attached to an aromatic ring is 1. The number of piperidine rings is 1. The van der Waals surface area contributed by atoms with Crippen LogP contribution in [0.3, 0.4) is 0 Å². The molecular weight excluding hydrogens is 634 g/mol. The van der Waals surface area contributed by atoms with E-state index in [2.05, 4.69) is 54.3 Å². The maximum Gasteiger partial charge on any atom is 0.329 e. The monoisotopic (exact) mass is 679 g/mol. The van der Waals surface area contributed by atoms with Crippen molar-refractivity contribution in [2.75, 3.05) is 51.7 Å². The second kappa shape index (κ2) is 15.0. The highest BCUT2D eigenvalue weighted by molar-refractivity contribution is 6.00. The van der Waals surface area contributed by atoms with E-state index in [9.17, 15) is 14.4 Å². The van der Waals surface area contributed by atoms with Crippen molar-refractivity contribution in [1.82, 2.24) is 39.2 Å². The minimum Gasteiger partial charge on any atom is -0.381 e. The molecule has 3 aromatic heterocycles. The molecular formula is C37H45N9O4. The number of aryl methyl sites for hydroxylation is 2. The molecule has 2 fully saturated rings. The van der Waals surface area contributed by atoms with Crippen LogP contribution in [0.1, 0.15) is 49.3 Å². The second-order valence-electron chi connectivity index (χ2n) is 13.4. The normalized spacial score (nSPS) is 17.6. The summed E-state index contributed by atoms with van der Waals surface area (Å²) in [6, 6.07) is 14.0. The van der Waals surface area contributed by atoms with Crippen molar-refractivity contribution in [3.63, 3.8) is 0 Å². The first-order valence-corrected chi connectivity index (χ1v) is 17.6. The van der Waals surface area contributed by atoms with E-state index in [1.54, 1.807) is 17.8 Å². The minimum absolute atomic E-state index is 0.230. The number of hydrogen-bond acceptors (Lipinski definition) is 9. The molecule has 2 saturated heterocycles. The number of amides is 2. The van der Waals surface area contributed by atoms with Crippen LogP contribution in [0.25, 0.3) is 33.2 Å². The number of benzene rings is 2. The Hall–Kier alpha value is -4.85. The summed E-state index contributed by atoms with van der Waals surface area (Å²) >= 11 is 0. The molecule has 0 aliphatic carbocycles. The van der Waals surface area contributed by atoms with Crippen LogP contribution in [0.2, 0.25) is 0 Å². The van der Waals surface area contributed by atoms with Crippen molar-refractivity contribution >= 4 is 39.8 Å². The summed E-state index contributed by atoms with van der Waals surface area (Å²) < 4.78 is 9.05. The number of fused-ring (bicyclic) bond motifs is 2. The minimum atomic E-state index is -0.668. The van der Waals surface area contributed by atoms with Gasteiger partial charge in [-0.3, -0.25) is 28.9 Å². The van der Waals surface area contributed by atoms with Crippen molar-refractivity contribution in [2.24, 2.45) is 7.05 Å². The summed E-state index contributed by atoms with van der Waals surface area (Å²) in [5.41, 5.74) is 12.4. The maximum absolute atomic E-state index is 13.0. The van der Waals surface area contributed by atoms with Crippen LogP contribution in [0.4, 0.5) is 5.95 Å². The van der Waals surface area contributed by atoms with Gasteiger partial charge in [-0.2, -0.15) is 4.98 Å². The molecule has 13 heteroatoms. The maximum atomic E-state index is 13.0. The fourth-order valence-electron chi connectivity index (χ4n) is 7.19. The fourth-order valence-corrected chi connectivity index (χ4v) is 7.19. The molecule has 13 nitrogen and oxygen atoms in total. The Morgan fingerprint density at radius 2 is 1.68 bits per heavy atom. The molecule has 2 aliphatic heterocycles. The third kappa shape index (κ3) is 7.35. The summed E-state index contributed by atoms with van der Waals surface area (Å²) in [5.74, 6) is -0.439. The highest BCUT2D eigenvalue weighted by atomic mass is 16.5. The van der Waals surface area contributed by atoms with Gasteiger partial charge in [-0.1, -0.05) is 30.3 Å². The van der Waals surface area contributed by atoms with Crippen LogP contribution in [0, 0.1) is 0 Å². The van der Waals surface area contributed by atoms with E-state index in [-0.39, 0.29) is 24.0 Å². The number of hydrogen-bond donors (Lipinski definition) is 3. The van der Waals surface area contributed by atoms with Crippen molar-refractivity contribution in [3.8, 4) is 11.1 Å². The number of carbonyl (C=O) groups excluding carboxylic acids is 2. The Morgan fingerprint density at radius 1 is 0.920 bits per heavy atom. The molecule has 1 atom stereocenters. The van der Waals surface area contributed by atoms with Gasteiger partial charge in [0.1, 0.15) is 11.7 Å². The van der Waals surface area contributed by atoms with Crippen LogP contribution in [-0.2, 0) is 34.3 Å². The van der Waals surface area contributed by atoms with E-state index in [4.69, 9.17) is 10.5 Å². The van der Waals surface area contributed by atoms with E-state index in [0.717, 1.165) is 105 Å². The Kier molecular flexibility index (Phi) is 10.1. The van der Waals surface area contributed by atoms with Gasteiger partial charge >= 0.3 is 5.69 Å². The third-order valence-electron chi connectivity index (χ3n) is 10.0. The number of aromatic nitrogens is 5. The molecule has 5 heterocycles. The van der Waals surface area contributed by atoms with Crippen molar-refractivity contribution in [1.29, 1.82) is 0 Å². The van der Waals surface area contributed by atoms with Gasteiger partial charge in [0.2, 0.25) is 17.8 Å². The molecule has 7 rings (SSSR count). The zero-order valence-corrected chi connectivity index (χ0v) is 28.6. The zero-order chi connectivity index (χ0) is 34.6. The third-order valence-corrected chi connectivity index (χ3v) is 10.0. The SMILES string of the molecule is Cn1c(=O)n(C2CCC(=O)NC2=O)c2ccc(CCCOCCCCN3CCN(Cc4ccc(-c5c[nH]c6nc(N)ncc56)cc4)CC3)cc21. The van der Waals surface area contributed by atoms with E-state index in [1.807, 2.05) is 24.4 Å². The lowest BCUT2D eigenvalue weighted by Gasteiger charge is -2.34. The quantitative estimate of drug-likeness (QED) is 0.125. The number of rotatable bonds is 13. The Labute approximate surface area is 290 Å². The van der Waals surface area contributed by atoms with Gasteiger partial charge < -0.3 is 20.4 Å². The molecule has 0 radical (unpaired) electrons. The molecule has 2 aliphatic rings. The average molecular weight is 680 g/mol. The van der Waals surface area contributed by atoms with Gasteiger partial charge in [0.15, 0.2) is 0 Å². The van der Waals surface area contributed by atoms with Gasteiger partial charge in [-0.15, -0.1) is 0 Å². The van der Waals surface area contributed by atoms with E-state index in [1.165, 1.54) is 10.1 Å². The number of unbranched alkanes of at least 4 members (excludes halogenated alkanes) is 1. The van der Waals surface area contributed by atoms with Crippen molar-refractivity contribution in [2.45, 2.75) is 51.1 Å². The standard InChI is InChI=1S/C37H45N9O4/c1-43-32-21-25(8-11-30(32)46(37(43)49)31-12-13-33(47)41-35(31)48)5-4-20-50-19-3-2-14-44-15-17-45(18-16-44)24-26-6-9-27(10-7-26)28-22-39-34-29(28)23-40-36(38)42-34/h6-11,21-23,31H,2-5,12-20,24H2,1H3,(H,41,47,48)(H3,38,39,40,42). The van der Waals surface area contributed by atoms with E-state index in [0.29, 0.717) is 18.5 Å². The van der Waals surface area contributed by atoms with Crippen molar-refractivity contribution in [3.05, 3.63) is 76.5 Å². The van der Waals surface area contributed by atoms with Crippen molar-refractivity contribution < 1.29 is 14.3 Å². The topological polar surface area (TPSA) is 156 Å². The van der Waals surface area contributed by atoms with Crippen LogP contribution >= 0.6 is 0 Å². The molecule has 5 aromatic rings. The van der Waals surface area contributed by atoms with E-state index >= 15 is 0 Å². The first-order valence-electron chi connectivity index (χ1n) is 17.6. The molecule has 2 amide bonds. The lowest BCUT2D eigenvalue weighted by Crippen LogP contribution is -2.46. The number of piperazine rings is 1. The highest BCUT2D eigenvalue weighted by Crippen LogP contribution is 2.28. The van der Waals surface area contributed by atoms with Crippen LogP contribution in [0.15, 0.2) is 59.7 Å². The average Bonchev–Trinajstić information content (AvgIpc) is 3.64. The number of anilines is 1. The first kappa shape index (κ1) is 33.6. The van der Waals surface area contributed by atoms with Gasteiger partial charge in [0.05, 0.1) is 11.0 Å². The molecule has 50 heavy (non-hydrogen) atoms. The van der Waals surface area contributed by atoms with Gasteiger partial charge in [0.25, 0.3) is 0 Å². The molecule has 0 spiro atoms. The summed E-state index contributed by atoms with van der Waals surface area (Å²) in [7, 11) is 1.72. The molecule has 1 unspecified atom stereocenters. The van der Waals surface area contributed by atoms with Gasteiger partial charge in [0, 0.05) is 82.7 Å². The largest absolute Gasteiger partial charge is 0.381 e. The molecule has 2 aromatic carbocycles. The zero-order valence-electron chi connectivity index (χ0n) is 28.6. The number of nitrogens with zero attached hydrogens (tertiary/aromatic N) is 6.